The molecule has 0 aliphatic carbocycles. The normalized spacial score (nSPS) is 14.6. The third-order valence-electron chi connectivity index (χ3n) is 5.20. The number of halogens is 4. The summed E-state index contributed by atoms with van der Waals surface area (Å²) in [5.74, 6) is -2.78. The number of alkyl halides is 3. The van der Waals surface area contributed by atoms with Crippen LogP contribution in [0.2, 0.25) is 0 Å². The van der Waals surface area contributed by atoms with Crippen molar-refractivity contribution < 1.29 is 32.3 Å². The molecule has 34 heavy (non-hydrogen) atoms. The number of benzene rings is 1. The number of aromatic nitrogens is 2. The Balaban J connectivity index is 0.000000509. The van der Waals surface area contributed by atoms with E-state index in [1.54, 1.807) is 19.2 Å². The van der Waals surface area contributed by atoms with Crippen molar-refractivity contribution in [2.75, 3.05) is 38.5 Å². The summed E-state index contributed by atoms with van der Waals surface area (Å²) in [6.45, 7) is 5.97. The van der Waals surface area contributed by atoms with E-state index >= 15 is 0 Å². The van der Waals surface area contributed by atoms with Crippen LogP contribution in [-0.2, 0) is 4.79 Å². The van der Waals surface area contributed by atoms with Crippen LogP contribution in [0.4, 0.5) is 23.4 Å². The molecule has 0 saturated carbocycles. The fraction of sp³-hybridized carbons (Fsp3) is 0.455. The van der Waals surface area contributed by atoms with Crippen LogP contribution in [-0.4, -0.2) is 71.3 Å². The minimum absolute atomic E-state index is 0.128. The van der Waals surface area contributed by atoms with E-state index in [0.717, 1.165) is 31.7 Å². The molecular weight excluding hydrogens is 458 g/mol. The third-order valence-corrected chi connectivity index (χ3v) is 5.20. The summed E-state index contributed by atoms with van der Waals surface area (Å²) < 4.78 is 45.0. The number of carboxylic acid groups (broad SMARTS) is 1. The summed E-state index contributed by atoms with van der Waals surface area (Å²) in [5, 5.41) is 13.1. The van der Waals surface area contributed by atoms with Crippen LogP contribution >= 0.6 is 0 Å². The fourth-order valence-electron chi connectivity index (χ4n) is 3.33. The van der Waals surface area contributed by atoms with Gasteiger partial charge in [0, 0.05) is 26.1 Å². The number of rotatable bonds is 7. The van der Waals surface area contributed by atoms with Gasteiger partial charge in [0.05, 0.1) is 11.9 Å². The van der Waals surface area contributed by atoms with Crippen molar-refractivity contribution in [2.45, 2.75) is 31.9 Å². The van der Waals surface area contributed by atoms with Crippen LogP contribution in [0.25, 0.3) is 0 Å². The lowest BCUT2D eigenvalue weighted by atomic mass is 9.97. The van der Waals surface area contributed by atoms with Crippen molar-refractivity contribution in [2.24, 2.45) is 0 Å². The molecule has 186 valence electrons. The van der Waals surface area contributed by atoms with Gasteiger partial charge >= 0.3 is 12.1 Å². The number of amides is 1. The van der Waals surface area contributed by atoms with Gasteiger partial charge in [-0.3, -0.25) is 4.79 Å². The molecule has 2 aromatic rings. The molecule has 0 bridgehead atoms. The Morgan fingerprint density at radius 1 is 1.18 bits per heavy atom. The topological polar surface area (TPSA) is 107 Å². The van der Waals surface area contributed by atoms with E-state index in [1.807, 2.05) is 6.92 Å². The zero-order valence-corrected chi connectivity index (χ0v) is 18.8. The van der Waals surface area contributed by atoms with Gasteiger partial charge in [0.15, 0.2) is 0 Å². The van der Waals surface area contributed by atoms with Crippen molar-refractivity contribution in [3.63, 3.8) is 0 Å². The highest BCUT2D eigenvalue weighted by Crippen LogP contribution is 2.27. The Kier molecular flexibility index (Phi) is 9.72. The molecule has 2 heterocycles. The van der Waals surface area contributed by atoms with Gasteiger partial charge in [-0.05, 0) is 43.6 Å². The van der Waals surface area contributed by atoms with E-state index in [0.29, 0.717) is 11.5 Å². The smallest absolute Gasteiger partial charge is 0.475 e. The maximum absolute atomic E-state index is 13.3. The average molecular weight is 485 g/mol. The fourth-order valence-corrected chi connectivity index (χ4v) is 3.33. The molecule has 1 aliphatic heterocycles. The minimum Gasteiger partial charge on any atom is -0.475 e. The second kappa shape index (κ2) is 12.3. The van der Waals surface area contributed by atoms with Crippen LogP contribution in [0.1, 0.15) is 47.4 Å². The quantitative estimate of drug-likeness (QED) is 0.517. The highest BCUT2D eigenvalue weighted by Gasteiger charge is 2.38. The molecule has 1 aliphatic rings. The number of aliphatic carboxylic acids is 1. The number of nitrogens with one attached hydrogen (secondary N) is 2. The first-order chi connectivity index (χ1) is 16.0. The molecule has 3 rings (SSSR count). The zero-order valence-electron chi connectivity index (χ0n) is 18.8. The summed E-state index contributed by atoms with van der Waals surface area (Å²) in [6.07, 6.45) is -1.08. The van der Waals surface area contributed by atoms with E-state index in [2.05, 4.69) is 25.5 Å². The highest BCUT2D eigenvalue weighted by molar-refractivity contribution is 5.92. The minimum atomic E-state index is -5.08. The van der Waals surface area contributed by atoms with Crippen molar-refractivity contribution in [3.8, 4) is 0 Å². The van der Waals surface area contributed by atoms with Crippen molar-refractivity contribution >= 4 is 17.7 Å². The summed E-state index contributed by atoms with van der Waals surface area (Å²) in [7, 11) is 1.56. The van der Waals surface area contributed by atoms with Gasteiger partial charge in [-0.2, -0.15) is 13.2 Å². The largest absolute Gasteiger partial charge is 0.490 e. The molecule has 1 atom stereocenters. The Bertz CT molecular complexity index is 964. The number of nitrogens with zero attached hydrogens (tertiary/aromatic N) is 3. The summed E-state index contributed by atoms with van der Waals surface area (Å²) in [4.78, 5) is 32.3. The number of anilines is 1. The lowest BCUT2D eigenvalue weighted by molar-refractivity contribution is -0.192. The number of hydrogen-bond donors (Lipinski definition) is 3. The molecule has 1 unspecified atom stereocenters. The van der Waals surface area contributed by atoms with Crippen LogP contribution in [0, 0.1) is 5.82 Å². The Hall–Kier alpha value is -3.28. The Morgan fingerprint density at radius 3 is 2.29 bits per heavy atom. The molecule has 0 radical (unpaired) electrons. The Morgan fingerprint density at radius 2 is 1.76 bits per heavy atom. The van der Waals surface area contributed by atoms with E-state index in [1.165, 1.54) is 31.2 Å². The second-order valence-corrected chi connectivity index (χ2v) is 7.62. The predicted octanol–water partition coefficient (Wildman–Crippen LogP) is 3.27. The van der Waals surface area contributed by atoms with Crippen molar-refractivity contribution in [1.29, 1.82) is 0 Å². The summed E-state index contributed by atoms with van der Waals surface area (Å²) in [5.41, 5.74) is 1.87. The number of carboxylic acids is 1. The molecule has 1 aromatic carbocycles. The van der Waals surface area contributed by atoms with E-state index in [-0.39, 0.29) is 23.3 Å². The lowest BCUT2D eigenvalue weighted by Gasteiger charge is -2.19. The monoisotopic (exact) mass is 485 g/mol. The van der Waals surface area contributed by atoms with Crippen LogP contribution < -0.4 is 10.6 Å². The first kappa shape index (κ1) is 27.0. The van der Waals surface area contributed by atoms with Gasteiger partial charge in [-0.25, -0.2) is 19.2 Å². The van der Waals surface area contributed by atoms with Crippen molar-refractivity contribution in [3.05, 3.63) is 53.2 Å². The maximum atomic E-state index is 13.3. The number of hydrogen-bond acceptors (Lipinski definition) is 6. The van der Waals surface area contributed by atoms with Gasteiger partial charge in [-0.15, -0.1) is 0 Å². The standard InChI is InChI=1S/C20H26FN5O.C2HF3O2/c1-14(15-5-7-16(21)8-6-15)18-19(23-9-12-26-10-3-4-11-26)24-13-17(25-18)20(27)22-2;3-2(4,5)1(6)7/h5-8,13-14H,3-4,9-12H2,1-2H3,(H,22,27)(H,23,24);(H,6,7). The van der Waals surface area contributed by atoms with Crippen LogP contribution in [0.15, 0.2) is 30.5 Å². The van der Waals surface area contributed by atoms with E-state index in [9.17, 15) is 22.4 Å². The molecule has 3 N–H and O–H groups in total. The molecule has 12 heteroatoms. The molecule has 0 spiro atoms. The Labute approximate surface area is 194 Å². The first-order valence-electron chi connectivity index (χ1n) is 10.6. The maximum Gasteiger partial charge on any atom is 0.490 e. The van der Waals surface area contributed by atoms with Crippen LogP contribution in [0.3, 0.4) is 0 Å². The van der Waals surface area contributed by atoms with Gasteiger partial charge in [0.25, 0.3) is 5.91 Å². The van der Waals surface area contributed by atoms with Crippen molar-refractivity contribution in [1.82, 2.24) is 20.2 Å². The third kappa shape index (κ3) is 7.94. The first-order valence-corrected chi connectivity index (χ1v) is 10.6. The molecule has 1 amide bonds. The van der Waals surface area contributed by atoms with Gasteiger partial charge in [0.1, 0.15) is 17.3 Å². The summed E-state index contributed by atoms with van der Waals surface area (Å²) >= 11 is 0. The zero-order chi connectivity index (χ0) is 25.3. The lowest BCUT2D eigenvalue weighted by Crippen LogP contribution is -2.27. The molecule has 1 fully saturated rings. The molecule has 1 aromatic heterocycles. The average Bonchev–Trinajstić information content (AvgIpc) is 3.32. The SMILES string of the molecule is CNC(=O)c1cnc(NCCN2CCCC2)c(C(C)c2ccc(F)cc2)n1.O=C(O)C(F)(F)F. The number of carbonyl (C=O) groups is 2. The predicted molar refractivity (Wildman–Crippen MR) is 117 cm³/mol. The van der Waals surface area contributed by atoms with Gasteiger partial charge < -0.3 is 20.6 Å². The van der Waals surface area contributed by atoms with E-state index < -0.39 is 12.1 Å². The second-order valence-electron chi connectivity index (χ2n) is 7.62. The highest BCUT2D eigenvalue weighted by atomic mass is 19.4. The van der Waals surface area contributed by atoms with Gasteiger partial charge in [0.2, 0.25) is 0 Å². The molecule has 1 saturated heterocycles. The number of likely N-dealkylation sites (tertiary alicyclic amines) is 1. The van der Waals surface area contributed by atoms with E-state index in [4.69, 9.17) is 9.90 Å². The molecular formula is C22H27F4N5O3. The number of carbonyl (C=O) groups excluding carboxylic acids is 1. The molecule has 8 nitrogen and oxygen atoms in total. The van der Waals surface area contributed by atoms with Crippen LogP contribution in [0.5, 0.6) is 0 Å². The van der Waals surface area contributed by atoms with Gasteiger partial charge in [-0.1, -0.05) is 19.1 Å². The summed E-state index contributed by atoms with van der Waals surface area (Å²) in [6, 6.07) is 6.34.